The van der Waals surface area contributed by atoms with Crippen molar-refractivity contribution in [2.45, 2.75) is 77.7 Å². The summed E-state index contributed by atoms with van der Waals surface area (Å²) in [6.45, 7) is 8.92. The summed E-state index contributed by atoms with van der Waals surface area (Å²) in [6, 6.07) is 0. The third-order valence-corrected chi connectivity index (χ3v) is 2.99. The first-order valence-corrected chi connectivity index (χ1v) is 7.09. The van der Waals surface area contributed by atoms with E-state index < -0.39 is 0 Å². The molecule has 0 aromatic rings. The summed E-state index contributed by atoms with van der Waals surface area (Å²) in [6.07, 6.45) is 14.4. The number of unbranched alkanes of at least 4 members (excludes halogenated alkanes) is 7. The lowest BCUT2D eigenvalue weighted by atomic mass is 10.1. The Kier molecular flexibility index (Phi) is 12.5. The van der Waals surface area contributed by atoms with E-state index in [1.807, 2.05) is 13.0 Å². The minimum absolute atomic E-state index is 0.282. The van der Waals surface area contributed by atoms with Crippen molar-refractivity contribution in [2.75, 3.05) is 6.61 Å². The fourth-order valence-electron chi connectivity index (χ4n) is 1.96. The summed E-state index contributed by atoms with van der Waals surface area (Å²) in [5, 5.41) is 0. The summed E-state index contributed by atoms with van der Waals surface area (Å²) in [5.74, 6) is 0. The summed E-state index contributed by atoms with van der Waals surface area (Å²) in [7, 11) is 0. The van der Waals surface area contributed by atoms with Crippen molar-refractivity contribution < 1.29 is 4.74 Å². The lowest BCUT2D eigenvalue weighted by molar-refractivity contribution is 0.0885. The monoisotopic (exact) mass is 226 g/mol. The van der Waals surface area contributed by atoms with Crippen molar-refractivity contribution >= 4 is 0 Å². The molecule has 0 saturated carbocycles. The largest absolute Gasteiger partial charge is 0.374 e. The minimum Gasteiger partial charge on any atom is -0.374 e. The van der Waals surface area contributed by atoms with E-state index >= 15 is 0 Å². The highest BCUT2D eigenvalue weighted by Crippen LogP contribution is 2.12. The Bertz CT molecular complexity index is 142. The van der Waals surface area contributed by atoms with E-state index in [2.05, 4.69) is 13.5 Å². The molecule has 0 heterocycles. The van der Waals surface area contributed by atoms with Crippen LogP contribution in [0.15, 0.2) is 12.7 Å². The Hall–Kier alpha value is -0.300. The van der Waals surface area contributed by atoms with Gasteiger partial charge >= 0.3 is 0 Å². The second-order valence-corrected chi connectivity index (χ2v) is 4.49. The average molecular weight is 226 g/mol. The molecule has 0 rings (SSSR count). The van der Waals surface area contributed by atoms with Crippen LogP contribution in [0.3, 0.4) is 0 Å². The van der Waals surface area contributed by atoms with E-state index in [9.17, 15) is 0 Å². The first-order chi connectivity index (χ1) is 7.85. The van der Waals surface area contributed by atoms with Gasteiger partial charge in [-0.05, 0) is 13.3 Å². The third kappa shape index (κ3) is 10.2. The van der Waals surface area contributed by atoms with Crippen LogP contribution < -0.4 is 0 Å². The predicted molar refractivity (Wildman–Crippen MR) is 72.8 cm³/mol. The molecule has 0 aromatic carbocycles. The van der Waals surface area contributed by atoms with Crippen molar-refractivity contribution in [1.29, 1.82) is 0 Å². The molecule has 16 heavy (non-hydrogen) atoms. The van der Waals surface area contributed by atoms with Gasteiger partial charge in [-0.2, -0.15) is 0 Å². The molecular weight excluding hydrogens is 196 g/mol. The topological polar surface area (TPSA) is 9.23 Å². The molecule has 1 atom stereocenters. The fourth-order valence-corrected chi connectivity index (χ4v) is 1.96. The third-order valence-electron chi connectivity index (χ3n) is 2.99. The Balaban J connectivity index is 3.15. The van der Waals surface area contributed by atoms with Crippen LogP contribution in [0.4, 0.5) is 0 Å². The second-order valence-electron chi connectivity index (χ2n) is 4.49. The van der Waals surface area contributed by atoms with Gasteiger partial charge in [-0.3, -0.25) is 0 Å². The summed E-state index contributed by atoms with van der Waals surface area (Å²) >= 11 is 0. The van der Waals surface area contributed by atoms with Crippen molar-refractivity contribution in [3.63, 3.8) is 0 Å². The predicted octanol–water partition coefficient (Wildman–Crippen LogP) is 5.11. The van der Waals surface area contributed by atoms with Crippen LogP contribution in [-0.2, 0) is 4.74 Å². The molecule has 0 amide bonds. The van der Waals surface area contributed by atoms with Gasteiger partial charge in [0.05, 0.1) is 6.10 Å². The van der Waals surface area contributed by atoms with Crippen LogP contribution in [0.2, 0.25) is 0 Å². The van der Waals surface area contributed by atoms with Crippen LogP contribution in [0.1, 0.15) is 71.6 Å². The van der Waals surface area contributed by atoms with Crippen molar-refractivity contribution in [1.82, 2.24) is 0 Å². The van der Waals surface area contributed by atoms with Gasteiger partial charge in [-0.1, -0.05) is 64.4 Å². The SMILES string of the molecule is C=CC(CCCCCCCCCC)OCC. The zero-order chi connectivity index (χ0) is 12.1. The number of hydrogen-bond acceptors (Lipinski definition) is 1. The van der Waals surface area contributed by atoms with Gasteiger partial charge in [-0.25, -0.2) is 0 Å². The van der Waals surface area contributed by atoms with Crippen molar-refractivity contribution in [2.24, 2.45) is 0 Å². The second kappa shape index (κ2) is 12.8. The van der Waals surface area contributed by atoms with Gasteiger partial charge < -0.3 is 4.74 Å². The maximum Gasteiger partial charge on any atom is 0.0753 e. The Morgan fingerprint density at radius 1 is 0.938 bits per heavy atom. The van der Waals surface area contributed by atoms with Gasteiger partial charge in [0, 0.05) is 6.61 Å². The molecule has 96 valence electrons. The number of hydrogen-bond donors (Lipinski definition) is 0. The van der Waals surface area contributed by atoms with E-state index in [1.165, 1.54) is 51.4 Å². The Morgan fingerprint density at radius 3 is 2.00 bits per heavy atom. The first kappa shape index (κ1) is 15.7. The Morgan fingerprint density at radius 2 is 1.50 bits per heavy atom. The highest BCUT2D eigenvalue weighted by atomic mass is 16.5. The van der Waals surface area contributed by atoms with Crippen LogP contribution in [0, 0.1) is 0 Å². The molecule has 0 fully saturated rings. The number of ether oxygens (including phenoxy) is 1. The standard InChI is InChI=1S/C15H30O/c1-4-7-8-9-10-11-12-13-14-15(5-2)16-6-3/h5,15H,2,4,6-14H2,1,3H3. The zero-order valence-electron chi connectivity index (χ0n) is 11.3. The first-order valence-electron chi connectivity index (χ1n) is 7.09. The van der Waals surface area contributed by atoms with Crippen molar-refractivity contribution in [3.8, 4) is 0 Å². The van der Waals surface area contributed by atoms with E-state index in [0.717, 1.165) is 13.0 Å². The molecule has 1 heteroatoms. The van der Waals surface area contributed by atoms with Gasteiger partial charge in [0.25, 0.3) is 0 Å². The number of rotatable bonds is 12. The van der Waals surface area contributed by atoms with Gasteiger partial charge in [0.2, 0.25) is 0 Å². The van der Waals surface area contributed by atoms with E-state index in [1.54, 1.807) is 0 Å². The molecular formula is C15H30O. The molecule has 0 aromatic heterocycles. The van der Waals surface area contributed by atoms with Gasteiger partial charge in [0.15, 0.2) is 0 Å². The van der Waals surface area contributed by atoms with Crippen LogP contribution >= 0.6 is 0 Å². The smallest absolute Gasteiger partial charge is 0.0753 e. The highest BCUT2D eigenvalue weighted by molar-refractivity contribution is 4.79. The molecule has 0 aliphatic rings. The quantitative estimate of drug-likeness (QED) is 0.332. The molecule has 1 unspecified atom stereocenters. The van der Waals surface area contributed by atoms with E-state index in [0.29, 0.717) is 0 Å². The highest BCUT2D eigenvalue weighted by Gasteiger charge is 2.02. The molecule has 0 bridgehead atoms. The molecule has 0 aliphatic heterocycles. The lowest BCUT2D eigenvalue weighted by Gasteiger charge is -2.11. The van der Waals surface area contributed by atoms with E-state index in [-0.39, 0.29) is 6.10 Å². The van der Waals surface area contributed by atoms with E-state index in [4.69, 9.17) is 4.74 Å². The molecule has 1 nitrogen and oxygen atoms in total. The normalized spacial score (nSPS) is 12.6. The van der Waals surface area contributed by atoms with Crippen LogP contribution in [-0.4, -0.2) is 12.7 Å². The zero-order valence-corrected chi connectivity index (χ0v) is 11.3. The van der Waals surface area contributed by atoms with Gasteiger partial charge in [0.1, 0.15) is 0 Å². The maximum absolute atomic E-state index is 5.53. The van der Waals surface area contributed by atoms with Crippen LogP contribution in [0.25, 0.3) is 0 Å². The average Bonchev–Trinajstić information content (AvgIpc) is 2.31. The van der Waals surface area contributed by atoms with Crippen LogP contribution in [0.5, 0.6) is 0 Å². The minimum atomic E-state index is 0.282. The molecule has 0 saturated heterocycles. The fraction of sp³-hybridized carbons (Fsp3) is 0.867. The Labute approximate surface area is 102 Å². The van der Waals surface area contributed by atoms with Crippen molar-refractivity contribution in [3.05, 3.63) is 12.7 Å². The molecule has 0 N–H and O–H groups in total. The van der Waals surface area contributed by atoms with Gasteiger partial charge in [-0.15, -0.1) is 6.58 Å². The summed E-state index contributed by atoms with van der Waals surface area (Å²) in [5.41, 5.74) is 0. The summed E-state index contributed by atoms with van der Waals surface area (Å²) in [4.78, 5) is 0. The molecule has 0 radical (unpaired) electrons. The lowest BCUT2D eigenvalue weighted by Crippen LogP contribution is -2.08. The maximum atomic E-state index is 5.53. The molecule has 0 aliphatic carbocycles. The summed E-state index contributed by atoms with van der Waals surface area (Å²) < 4.78 is 5.53. The molecule has 0 spiro atoms.